The SMILES string of the molecule is COc1ccc(S(=O)(=O)N2CCCC2)cc1CCC(=O)NCCc1ccccc1. The second-order valence-electron chi connectivity index (χ2n) is 7.17. The van der Waals surface area contributed by atoms with E-state index in [-0.39, 0.29) is 17.2 Å². The molecule has 156 valence electrons. The molecular formula is C22H28N2O4S. The van der Waals surface area contributed by atoms with Crippen molar-refractivity contribution in [2.24, 2.45) is 0 Å². The number of hydrogen-bond donors (Lipinski definition) is 1. The minimum absolute atomic E-state index is 0.0595. The first-order valence-corrected chi connectivity index (χ1v) is 11.4. The number of rotatable bonds is 9. The van der Waals surface area contributed by atoms with Crippen molar-refractivity contribution in [2.75, 3.05) is 26.7 Å². The van der Waals surface area contributed by atoms with E-state index < -0.39 is 10.0 Å². The zero-order valence-electron chi connectivity index (χ0n) is 16.8. The van der Waals surface area contributed by atoms with E-state index in [1.807, 2.05) is 30.3 Å². The highest BCUT2D eigenvalue weighted by Gasteiger charge is 2.27. The molecule has 1 heterocycles. The van der Waals surface area contributed by atoms with Crippen LogP contribution in [0.5, 0.6) is 5.75 Å². The maximum absolute atomic E-state index is 12.8. The number of carbonyl (C=O) groups excluding carboxylic acids is 1. The number of ether oxygens (including phenoxy) is 1. The molecule has 1 N–H and O–H groups in total. The summed E-state index contributed by atoms with van der Waals surface area (Å²) in [6.07, 6.45) is 3.26. The Morgan fingerprint density at radius 2 is 1.79 bits per heavy atom. The van der Waals surface area contributed by atoms with Crippen LogP contribution in [0.25, 0.3) is 0 Å². The molecule has 29 heavy (non-hydrogen) atoms. The van der Waals surface area contributed by atoms with Crippen molar-refractivity contribution in [1.82, 2.24) is 9.62 Å². The number of methoxy groups -OCH3 is 1. The summed E-state index contributed by atoms with van der Waals surface area (Å²) in [6.45, 7) is 1.70. The molecule has 2 aromatic rings. The average molecular weight is 417 g/mol. The first kappa shape index (κ1) is 21.3. The second-order valence-corrected chi connectivity index (χ2v) is 9.11. The predicted molar refractivity (Wildman–Crippen MR) is 112 cm³/mol. The average Bonchev–Trinajstić information content (AvgIpc) is 3.28. The minimum Gasteiger partial charge on any atom is -0.496 e. The molecule has 6 nitrogen and oxygen atoms in total. The van der Waals surface area contributed by atoms with E-state index in [4.69, 9.17) is 4.74 Å². The Kier molecular flexibility index (Phi) is 7.28. The normalized spacial score (nSPS) is 14.7. The van der Waals surface area contributed by atoms with Gasteiger partial charge in [-0.15, -0.1) is 0 Å². The fourth-order valence-corrected chi connectivity index (χ4v) is 5.08. The largest absolute Gasteiger partial charge is 0.496 e. The van der Waals surface area contributed by atoms with Crippen LogP contribution in [0.2, 0.25) is 0 Å². The van der Waals surface area contributed by atoms with E-state index in [2.05, 4.69) is 5.32 Å². The van der Waals surface area contributed by atoms with E-state index >= 15 is 0 Å². The van der Waals surface area contributed by atoms with Gasteiger partial charge in [-0.1, -0.05) is 30.3 Å². The van der Waals surface area contributed by atoms with Gasteiger partial charge in [0, 0.05) is 26.1 Å². The maximum atomic E-state index is 12.8. The highest BCUT2D eigenvalue weighted by molar-refractivity contribution is 7.89. The summed E-state index contributed by atoms with van der Waals surface area (Å²) < 4.78 is 32.5. The highest BCUT2D eigenvalue weighted by Crippen LogP contribution is 2.27. The van der Waals surface area contributed by atoms with Crippen LogP contribution in [-0.4, -0.2) is 45.4 Å². The van der Waals surface area contributed by atoms with Crippen molar-refractivity contribution in [1.29, 1.82) is 0 Å². The zero-order chi connectivity index (χ0) is 20.7. The number of benzene rings is 2. The summed E-state index contributed by atoms with van der Waals surface area (Å²) in [4.78, 5) is 12.5. The molecule has 0 radical (unpaired) electrons. The molecular weight excluding hydrogens is 388 g/mol. The monoisotopic (exact) mass is 416 g/mol. The van der Waals surface area contributed by atoms with Crippen LogP contribution < -0.4 is 10.1 Å². The van der Waals surface area contributed by atoms with Gasteiger partial charge in [0.15, 0.2) is 0 Å². The summed E-state index contributed by atoms with van der Waals surface area (Å²) in [5.41, 5.74) is 1.90. The van der Waals surface area contributed by atoms with Gasteiger partial charge in [-0.2, -0.15) is 4.31 Å². The third-order valence-corrected chi connectivity index (χ3v) is 7.05. The maximum Gasteiger partial charge on any atom is 0.243 e. The third-order valence-electron chi connectivity index (χ3n) is 5.15. The lowest BCUT2D eigenvalue weighted by atomic mass is 10.1. The topological polar surface area (TPSA) is 75.7 Å². The van der Waals surface area contributed by atoms with Crippen LogP contribution in [0, 0.1) is 0 Å². The first-order valence-electron chi connectivity index (χ1n) is 9.98. The summed E-state index contributed by atoms with van der Waals surface area (Å²) in [5, 5.41) is 2.92. The first-order chi connectivity index (χ1) is 14.0. The summed E-state index contributed by atoms with van der Waals surface area (Å²) in [6, 6.07) is 14.9. The van der Waals surface area contributed by atoms with Crippen molar-refractivity contribution >= 4 is 15.9 Å². The van der Waals surface area contributed by atoms with Gasteiger partial charge in [-0.3, -0.25) is 4.79 Å². The molecule has 0 atom stereocenters. The van der Waals surface area contributed by atoms with E-state index in [0.717, 1.165) is 24.8 Å². The third kappa shape index (κ3) is 5.58. The molecule has 1 aliphatic rings. The molecule has 0 unspecified atom stereocenters. The van der Waals surface area contributed by atoms with Crippen molar-refractivity contribution in [3.63, 3.8) is 0 Å². The van der Waals surface area contributed by atoms with Gasteiger partial charge in [-0.05, 0) is 55.0 Å². The number of nitrogens with zero attached hydrogens (tertiary/aromatic N) is 1. The molecule has 1 aliphatic heterocycles. The molecule has 7 heteroatoms. The highest BCUT2D eigenvalue weighted by atomic mass is 32.2. The number of hydrogen-bond acceptors (Lipinski definition) is 4. The number of nitrogens with one attached hydrogen (secondary N) is 1. The molecule has 0 bridgehead atoms. The van der Waals surface area contributed by atoms with Crippen molar-refractivity contribution in [2.45, 2.75) is 37.0 Å². The molecule has 2 aromatic carbocycles. The van der Waals surface area contributed by atoms with Crippen LogP contribution in [0.4, 0.5) is 0 Å². The summed E-state index contributed by atoms with van der Waals surface area (Å²) in [7, 11) is -1.94. The Hall–Kier alpha value is -2.38. The van der Waals surface area contributed by atoms with E-state index in [1.54, 1.807) is 25.3 Å². The quantitative estimate of drug-likeness (QED) is 0.682. The van der Waals surface area contributed by atoms with Crippen LogP contribution in [0.15, 0.2) is 53.4 Å². The molecule has 3 rings (SSSR count). The Morgan fingerprint density at radius 3 is 2.48 bits per heavy atom. The van der Waals surface area contributed by atoms with E-state index in [1.165, 1.54) is 9.87 Å². The van der Waals surface area contributed by atoms with Crippen LogP contribution >= 0.6 is 0 Å². The fraction of sp³-hybridized carbons (Fsp3) is 0.409. The minimum atomic E-state index is -3.49. The Bertz CT molecular complexity index is 923. The number of sulfonamides is 1. The van der Waals surface area contributed by atoms with E-state index in [9.17, 15) is 13.2 Å². The van der Waals surface area contributed by atoms with Gasteiger partial charge >= 0.3 is 0 Å². The van der Waals surface area contributed by atoms with Gasteiger partial charge in [0.2, 0.25) is 15.9 Å². The second kappa shape index (κ2) is 9.89. The molecule has 1 amide bonds. The van der Waals surface area contributed by atoms with Gasteiger partial charge < -0.3 is 10.1 Å². The van der Waals surface area contributed by atoms with E-state index in [0.29, 0.717) is 31.8 Å². The molecule has 0 aliphatic carbocycles. The van der Waals surface area contributed by atoms with Gasteiger partial charge in [-0.25, -0.2) is 8.42 Å². The lowest BCUT2D eigenvalue weighted by molar-refractivity contribution is -0.121. The van der Waals surface area contributed by atoms with Crippen LogP contribution in [0.1, 0.15) is 30.4 Å². The van der Waals surface area contributed by atoms with Gasteiger partial charge in [0.25, 0.3) is 0 Å². The van der Waals surface area contributed by atoms with Crippen LogP contribution in [0.3, 0.4) is 0 Å². The van der Waals surface area contributed by atoms with Gasteiger partial charge in [0.05, 0.1) is 12.0 Å². The molecule has 1 saturated heterocycles. The van der Waals surface area contributed by atoms with Gasteiger partial charge in [0.1, 0.15) is 5.75 Å². The Labute approximate surface area is 172 Å². The number of amides is 1. The summed E-state index contributed by atoms with van der Waals surface area (Å²) >= 11 is 0. The van der Waals surface area contributed by atoms with Crippen molar-refractivity contribution < 1.29 is 17.9 Å². The predicted octanol–water partition coefficient (Wildman–Crippen LogP) is 2.77. The fourth-order valence-electron chi connectivity index (χ4n) is 3.52. The molecule has 1 fully saturated rings. The Morgan fingerprint density at radius 1 is 1.07 bits per heavy atom. The summed E-state index contributed by atoms with van der Waals surface area (Å²) in [5.74, 6) is 0.540. The van der Waals surface area contributed by atoms with Crippen molar-refractivity contribution in [3.8, 4) is 5.75 Å². The number of carbonyl (C=O) groups is 1. The number of aryl methyl sites for hydroxylation is 1. The zero-order valence-corrected chi connectivity index (χ0v) is 17.6. The Balaban J connectivity index is 1.59. The van der Waals surface area contributed by atoms with Crippen LogP contribution in [-0.2, 0) is 27.7 Å². The lowest BCUT2D eigenvalue weighted by Crippen LogP contribution is -2.28. The standard InChI is InChI=1S/C22H28N2O4S/c1-28-21-11-10-20(29(26,27)24-15-5-6-16-24)17-19(21)9-12-22(25)23-14-13-18-7-3-2-4-8-18/h2-4,7-8,10-11,17H,5-6,9,12-16H2,1H3,(H,23,25). The molecule has 0 aromatic heterocycles. The lowest BCUT2D eigenvalue weighted by Gasteiger charge is -2.17. The molecule has 0 spiro atoms. The van der Waals surface area contributed by atoms with Crippen molar-refractivity contribution in [3.05, 3.63) is 59.7 Å². The smallest absolute Gasteiger partial charge is 0.243 e. The molecule has 0 saturated carbocycles.